The van der Waals surface area contributed by atoms with Crippen molar-refractivity contribution >= 4 is 11.9 Å². The van der Waals surface area contributed by atoms with Gasteiger partial charge in [0.25, 0.3) is 5.91 Å². The summed E-state index contributed by atoms with van der Waals surface area (Å²) in [4.78, 5) is 25.8. The van der Waals surface area contributed by atoms with Crippen LogP contribution in [0.25, 0.3) is 0 Å². The number of carbonyl (C=O) groups excluding carboxylic acids is 1. The summed E-state index contributed by atoms with van der Waals surface area (Å²) in [7, 11) is 0. The molecule has 0 aromatic rings. The first-order chi connectivity index (χ1) is 10.1. The molecule has 3 aliphatic heterocycles. The summed E-state index contributed by atoms with van der Waals surface area (Å²) in [5.74, 6) is 1.38. The summed E-state index contributed by atoms with van der Waals surface area (Å²) in [6, 6.07) is 0.376. The fourth-order valence-corrected chi connectivity index (χ4v) is 5.24. The maximum atomic E-state index is 12.8. The van der Waals surface area contributed by atoms with Gasteiger partial charge in [-0.15, -0.1) is 0 Å². The number of carboxylic acids is 1. The van der Waals surface area contributed by atoms with Crippen LogP contribution in [-0.2, 0) is 14.3 Å². The van der Waals surface area contributed by atoms with Crippen LogP contribution in [0.5, 0.6) is 0 Å². The third kappa shape index (κ3) is 2.35. The van der Waals surface area contributed by atoms with Crippen molar-refractivity contribution in [1.29, 1.82) is 0 Å². The van der Waals surface area contributed by atoms with Crippen LogP contribution >= 0.6 is 0 Å². The molecule has 116 valence electrons. The van der Waals surface area contributed by atoms with Gasteiger partial charge in [0.2, 0.25) is 0 Å². The summed E-state index contributed by atoms with van der Waals surface area (Å²) in [5.41, 5.74) is 0. The summed E-state index contributed by atoms with van der Waals surface area (Å²) in [6.45, 7) is 0.869. The Kier molecular flexibility index (Phi) is 3.21. The lowest BCUT2D eigenvalue weighted by atomic mass is 9.68. The van der Waals surface area contributed by atoms with Crippen LogP contribution in [0.2, 0.25) is 0 Å². The van der Waals surface area contributed by atoms with E-state index < -0.39 is 18.2 Å². The molecule has 5 nitrogen and oxygen atoms in total. The van der Waals surface area contributed by atoms with Crippen molar-refractivity contribution in [2.45, 2.75) is 63.2 Å². The van der Waals surface area contributed by atoms with Gasteiger partial charge in [-0.3, -0.25) is 4.79 Å². The van der Waals surface area contributed by atoms with Crippen molar-refractivity contribution in [2.75, 3.05) is 6.54 Å². The zero-order chi connectivity index (χ0) is 14.6. The Balaban J connectivity index is 1.48. The lowest BCUT2D eigenvalue weighted by Gasteiger charge is -2.39. The van der Waals surface area contributed by atoms with E-state index in [0.717, 1.165) is 31.2 Å². The zero-order valence-corrected chi connectivity index (χ0v) is 12.2. The van der Waals surface area contributed by atoms with Crippen LogP contribution < -0.4 is 0 Å². The summed E-state index contributed by atoms with van der Waals surface area (Å²) in [5, 5.41) is 9.01. The van der Waals surface area contributed by atoms with E-state index >= 15 is 0 Å². The maximum Gasteiger partial charge on any atom is 0.332 e. The van der Waals surface area contributed by atoms with E-state index in [0.29, 0.717) is 24.8 Å². The van der Waals surface area contributed by atoms with Crippen LogP contribution in [-0.4, -0.2) is 46.7 Å². The number of carbonyl (C=O) groups is 2. The average molecular weight is 293 g/mol. The second kappa shape index (κ2) is 4.97. The van der Waals surface area contributed by atoms with E-state index in [-0.39, 0.29) is 5.91 Å². The number of aliphatic carboxylic acids is 1. The average Bonchev–Trinajstić information content (AvgIpc) is 2.85. The number of amides is 1. The predicted octanol–water partition coefficient (Wildman–Crippen LogP) is 1.66. The molecule has 5 heteroatoms. The number of hydrogen-bond acceptors (Lipinski definition) is 3. The molecule has 1 N–H and O–H groups in total. The second-order valence-corrected chi connectivity index (χ2v) is 7.45. The van der Waals surface area contributed by atoms with Crippen molar-refractivity contribution in [3.63, 3.8) is 0 Å². The molecule has 1 amide bonds. The highest BCUT2D eigenvalue weighted by Crippen LogP contribution is 2.47. The van der Waals surface area contributed by atoms with Crippen LogP contribution in [0.15, 0.2) is 0 Å². The van der Waals surface area contributed by atoms with E-state index in [1.165, 1.54) is 19.3 Å². The molecule has 3 saturated heterocycles. The molecular weight excluding hydrogens is 270 g/mol. The highest BCUT2D eigenvalue weighted by Gasteiger charge is 2.46. The van der Waals surface area contributed by atoms with Gasteiger partial charge >= 0.3 is 5.97 Å². The molecule has 4 bridgehead atoms. The predicted molar refractivity (Wildman–Crippen MR) is 74.6 cm³/mol. The molecule has 2 saturated carbocycles. The van der Waals surface area contributed by atoms with Crippen LogP contribution in [0.3, 0.4) is 0 Å². The standard InChI is InChI=1S/C16H23NO4/c18-15(13-1-2-14(21-13)16(19)20)17-8-11-4-9-3-10(5-11)7-12(17)6-9/h9-14H,1-8H2,(H,19,20)/t9?,10?,11?,12?,13-,14+/m0/s1. The zero-order valence-electron chi connectivity index (χ0n) is 12.2. The quantitative estimate of drug-likeness (QED) is 0.841. The minimum Gasteiger partial charge on any atom is -0.479 e. The van der Waals surface area contributed by atoms with Gasteiger partial charge in [-0.1, -0.05) is 0 Å². The molecule has 4 atom stereocenters. The first-order valence-corrected chi connectivity index (χ1v) is 8.29. The maximum absolute atomic E-state index is 12.8. The highest BCUT2D eigenvalue weighted by atomic mass is 16.5. The molecule has 0 aromatic carbocycles. The van der Waals surface area contributed by atoms with E-state index in [4.69, 9.17) is 9.84 Å². The molecule has 0 spiro atoms. The van der Waals surface area contributed by atoms with Crippen LogP contribution in [0, 0.1) is 17.8 Å². The molecule has 0 aromatic heterocycles. The SMILES string of the molecule is O=C(O)[C@H]1CC[C@@H](C(=O)N2CC3CC4CC(C3)CC2C4)O1. The topological polar surface area (TPSA) is 66.8 Å². The number of rotatable bonds is 2. The molecule has 21 heavy (non-hydrogen) atoms. The Labute approximate surface area is 124 Å². The Hall–Kier alpha value is -1.10. The van der Waals surface area contributed by atoms with Gasteiger partial charge in [0.1, 0.15) is 6.10 Å². The molecule has 2 aliphatic carbocycles. The Bertz CT molecular complexity index is 451. The van der Waals surface area contributed by atoms with E-state index in [1.807, 2.05) is 0 Å². The van der Waals surface area contributed by atoms with Gasteiger partial charge in [-0.05, 0) is 62.7 Å². The fraction of sp³-hybridized carbons (Fsp3) is 0.875. The molecule has 5 rings (SSSR count). The first-order valence-electron chi connectivity index (χ1n) is 8.29. The van der Waals surface area contributed by atoms with Gasteiger partial charge in [0.15, 0.2) is 6.10 Å². The van der Waals surface area contributed by atoms with Gasteiger partial charge in [-0.2, -0.15) is 0 Å². The number of fused-ring (bicyclic) bond motifs is 1. The van der Waals surface area contributed by atoms with E-state index in [9.17, 15) is 9.59 Å². The highest BCUT2D eigenvalue weighted by molar-refractivity contribution is 5.83. The third-order valence-corrected chi connectivity index (χ3v) is 5.96. The Morgan fingerprint density at radius 1 is 0.905 bits per heavy atom. The Morgan fingerprint density at radius 2 is 1.52 bits per heavy atom. The van der Waals surface area contributed by atoms with Crippen molar-refractivity contribution in [3.05, 3.63) is 0 Å². The van der Waals surface area contributed by atoms with Crippen molar-refractivity contribution in [3.8, 4) is 0 Å². The Morgan fingerprint density at radius 3 is 2.14 bits per heavy atom. The number of hydrogen-bond donors (Lipinski definition) is 1. The lowest BCUT2D eigenvalue weighted by molar-refractivity contribution is -0.156. The van der Waals surface area contributed by atoms with Gasteiger partial charge in [0.05, 0.1) is 0 Å². The number of carboxylic acid groups (broad SMARTS) is 1. The minimum atomic E-state index is -0.943. The first kappa shape index (κ1) is 13.6. The van der Waals surface area contributed by atoms with Gasteiger partial charge < -0.3 is 14.7 Å². The molecule has 2 unspecified atom stereocenters. The lowest BCUT2D eigenvalue weighted by Crippen LogP contribution is -2.47. The summed E-state index contributed by atoms with van der Waals surface area (Å²) < 4.78 is 5.47. The van der Waals surface area contributed by atoms with Crippen molar-refractivity contribution < 1.29 is 19.4 Å². The van der Waals surface area contributed by atoms with Crippen molar-refractivity contribution in [1.82, 2.24) is 4.90 Å². The summed E-state index contributed by atoms with van der Waals surface area (Å²) >= 11 is 0. The van der Waals surface area contributed by atoms with Gasteiger partial charge in [-0.25, -0.2) is 4.79 Å². The molecule has 5 aliphatic rings. The third-order valence-electron chi connectivity index (χ3n) is 5.96. The van der Waals surface area contributed by atoms with Crippen LogP contribution in [0.1, 0.15) is 44.9 Å². The molecular formula is C16H23NO4. The minimum absolute atomic E-state index is 0.0527. The van der Waals surface area contributed by atoms with E-state index in [2.05, 4.69) is 4.90 Å². The fourth-order valence-electron chi connectivity index (χ4n) is 5.24. The summed E-state index contributed by atoms with van der Waals surface area (Å²) in [6.07, 6.45) is 5.90. The smallest absolute Gasteiger partial charge is 0.332 e. The molecule has 3 heterocycles. The normalized spacial score (nSPS) is 44.9. The largest absolute Gasteiger partial charge is 0.479 e. The van der Waals surface area contributed by atoms with Crippen LogP contribution in [0.4, 0.5) is 0 Å². The number of ether oxygens (including phenoxy) is 1. The number of nitrogens with zero attached hydrogens (tertiary/aromatic N) is 1. The molecule has 0 radical (unpaired) electrons. The van der Waals surface area contributed by atoms with E-state index in [1.54, 1.807) is 0 Å². The van der Waals surface area contributed by atoms with Crippen molar-refractivity contribution in [2.24, 2.45) is 17.8 Å². The second-order valence-electron chi connectivity index (χ2n) is 7.45. The monoisotopic (exact) mass is 293 g/mol. The molecule has 5 fully saturated rings. The van der Waals surface area contributed by atoms with Gasteiger partial charge in [0, 0.05) is 12.6 Å².